The highest BCUT2D eigenvalue weighted by Crippen LogP contribution is 2.25. The number of methoxy groups -OCH3 is 2. The van der Waals surface area contributed by atoms with Crippen LogP contribution in [0, 0.1) is 0 Å². The molecule has 0 N–H and O–H groups in total. The van der Waals surface area contributed by atoms with Crippen LogP contribution in [0.4, 0.5) is 0 Å². The molecule has 1 aromatic carbocycles. The Morgan fingerprint density at radius 1 is 1.30 bits per heavy atom. The zero-order valence-corrected chi connectivity index (χ0v) is 12.4. The van der Waals surface area contributed by atoms with Crippen molar-refractivity contribution >= 4 is 21.9 Å². The van der Waals surface area contributed by atoms with Gasteiger partial charge in [0.2, 0.25) is 11.1 Å². The predicted molar refractivity (Wildman–Crippen MR) is 75.4 cm³/mol. The van der Waals surface area contributed by atoms with Gasteiger partial charge in [0.15, 0.2) is 0 Å². The minimum absolute atomic E-state index is 0.273. The van der Waals surface area contributed by atoms with E-state index < -0.39 is 11.4 Å². The van der Waals surface area contributed by atoms with Crippen LogP contribution in [0.3, 0.4) is 0 Å². The number of hydrogen-bond donors (Lipinski definition) is 0. The fraction of sp³-hybridized carbons (Fsp3) is 0.154. The number of hydrogen-bond acceptors (Lipinski definition) is 5. The number of esters is 1. The van der Waals surface area contributed by atoms with Crippen molar-refractivity contribution in [2.75, 3.05) is 14.2 Å². The van der Waals surface area contributed by atoms with E-state index in [4.69, 9.17) is 4.74 Å². The summed E-state index contributed by atoms with van der Waals surface area (Å²) in [6.07, 6.45) is 1.47. The highest BCUT2D eigenvalue weighted by atomic mass is 79.9. The molecule has 0 amide bonds. The molecule has 2 rings (SSSR count). The maximum atomic E-state index is 11.6. The number of ether oxygens (including phenoxy) is 2. The SMILES string of the molecule is COC(=O)c1nn(-c2cc(OC)ccc2Br)ccc1=O. The van der Waals surface area contributed by atoms with Gasteiger partial charge in [-0.05, 0) is 28.1 Å². The van der Waals surface area contributed by atoms with Crippen LogP contribution < -0.4 is 10.2 Å². The minimum atomic E-state index is -0.775. The average molecular weight is 339 g/mol. The minimum Gasteiger partial charge on any atom is -0.497 e. The number of aromatic nitrogens is 2. The molecule has 0 unspecified atom stereocenters. The third-order valence-electron chi connectivity index (χ3n) is 2.59. The standard InChI is InChI=1S/C13H11BrN2O4/c1-19-8-3-4-9(14)10(7-8)16-6-5-11(17)12(15-16)13(18)20-2/h3-7H,1-2H3. The van der Waals surface area contributed by atoms with Gasteiger partial charge in [0.25, 0.3) is 0 Å². The average Bonchev–Trinajstić information content (AvgIpc) is 2.47. The second-order valence-corrected chi connectivity index (χ2v) is 4.64. The van der Waals surface area contributed by atoms with E-state index in [9.17, 15) is 9.59 Å². The van der Waals surface area contributed by atoms with Gasteiger partial charge >= 0.3 is 5.97 Å². The quantitative estimate of drug-likeness (QED) is 0.798. The molecule has 2 aromatic rings. The van der Waals surface area contributed by atoms with E-state index >= 15 is 0 Å². The summed E-state index contributed by atoms with van der Waals surface area (Å²) in [4.78, 5) is 23.1. The Morgan fingerprint density at radius 2 is 2.05 bits per heavy atom. The van der Waals surface area contributed by atoms with Crippen LogP contribution in [0.1, 0.15) is 10.5 Å². The molecule has 0 fully saturated rings. The molecule has 7 heteroatoms. The van der Waals surface area contributed by atoms with Gasteiger partial charge in [-0.1, -0.05) is 0 Å². The Bertz CT molecular complexity index is 712. The molecule has 0 aliphatic rings. The van der Waals surface area contributed by atoms with Gasteiger partial charge in [0.05, 0.1) is 19.9 Å². The Hall–Kier alpha value is -2.15. The van der Waals surface area contributed by atoms with Crippen LogP contribution >= 0.6 is 15.9 Å². The lowest BCUT2D eigenvalue weighted by molar-refractivity contribution is 0.0590. The molecule has 0 aliphatic heterocycles. The highest BCUT2D eigenvalue weighted by molar-refractivity contribution is 9.10. The molecule has 0 bridgehead atoms. The fourth-order valence-electron chi connectivity index (χ4n) is 1.57. The van der Waals surface area contributed by atoms with Crippen molar-refractivity contribution in [3.8, 4) is 11.4 Å². The van der Waals surface area contributed by atoms with Crippen molar-refractivity contribution in [2.45, 2.75) is 0 Å². The van der Waals surface area contributed by atoms with Gasteiger partial charge in [0.1, 0.15) is 5.75 Å². The second-order valence-electron chi connectivity index (χ2n) is 3.78. The molecule has 104 valence electrons. The molecule has 20 heavy (non-hydrogen) atoms. The summed E-state index contributed by atoms with van der Waals surface area (Å²) in [5, 5.41) is 3.99. The number of nitrogens with zero attached hydrogens (tertiary/aromatic N) is 2. The van der Waals surface area contributed by atoms with Gasteiger partial charge in [0, 0.05) is 22.8 Å². The summed E-state index contributed by atoms with van der Waals surface area (Å²) in [7, 11) is 2.74. The van der Waals surface area contributed by atoms with E-state index in [0.29, 0.717) is 11.4 Å². The normalized spacial score (nSPS) is 10.2. The van der Waals surface area contributed by atoms with Crippen molar-refractivity contribution in [3.63, 3.8) is 0 Å². The molecule has 1 heterocycles. The molecule has 6 nitrogen and oxygen atoms in total. The number of carbonyl (C=O) groups excluding carboxylic acids is 1. The first kappa shape index (κ1) is 14.3. The van der Waals surface area contributed by atoms with Crippen molar-refractivity contribution in [3.05, 3.63) is 50.9 Å². The first-order valence-corrected chi connectivity index (χ1v) is 6.38. The summed E-state index contributed by atoms with van der Waals surface area (Å²) >= 11 is 3.38. The first-order chi connectivity index (χ1) is 9.56. The van der Waals surface area contributed by atoms with Crippen LogP contribution in [0.25, 0.3) is 5.69 Å². The monoisotopic (exact) mass is 338 g/mol. The number of benzene rings is 1. The fourth-order valence-corrected chi connectivity index (χ4v) is 2.00. The van der Waals surface area contributed by atoms with Gasteiger partial charge in [-0.25, -0.2) is 9.48 Å². The summed E-state index contributed by atoms with van der Waals surface area (Å²) in [5.74, 6) is -0.147. The molecule has 0 atom stereocenters. The third-order valence-corrected chi connectivity index (χ3v) is 3.26. The molecule has 0 saturated carbocycles. The Kier molecular flexibility index (Phi) is 4.19. The lowest BCUT2D eigenvalue weighted by atomic mass is 10.3. The van der Waals surface area contributed by atoms with Crippen molar-refractivity contribution in [1.82, 2.24) is 9.78 Å². The number of rotatable bonds is 3. The zero-order chi connectivity index (χ0) is 14.7. The largest absolute Gasteiger partial charge is 0.497 e. The maximum absolute atomic E-state index is 11.6. The smallest absolute Gasteiger partial charge is 0.362 e. The number of halogens is 1. The van der Waals surface area contributed by atoms with Crippen LogP contribution in [-0.4, -0.2) is 30.0 Å². The summed E-state index contributed by atoms with van der Waals surface area (Å²) < 4.78 is 11.8. The van der Waals surface area contributed by atoms with Crippen LogP contribution in [0.5, 0.6) is 5.75 Å². The molecule has 1 aromatic heterocycles. The maximum Gasteiger partial charge on any atom is 0.362 e. The summed E-state index contributed by atoms with van der Waals surface area (Å²) in [6.45, 7) is 0. The van der Waals surface area contributed by atoms with E-state index in [1.54, 1.807) is 25.3 Å². The van der Waals surface area contributed by atoms with E-state index in [-0.39, 0.29) is 5.69 Å². The van der Waals surface area contributed by atoms with Crippen molar-refractivity contribution in [1.29, 1.82) is 0 Å². The molecule has 0 radical (unpaired) electrons. The third kappa shape index (κ3) is 2.72. The van der Waals surface area contributed by atoms with E-state index in [0.717, 1.165) is 4.47 Å². The van der Waals surface area contributed by atoms with Gasteiger partial charge in [-0.15, -0.1) is 0 Å². The number of carbonyl (C=O) groups is 1. The Balaban J connectivity index is 2.59. The summed E-state index contributed by atoms with van der Waals surface area (Å²) in [6, 6.07) is 6.54. The lowest BCUT2D eigenvalue weighted by Gasteiger charge is -2.10. The van der Waals surface area contributed by atoms with E-state index in [2.05, 4.69) is 25.8 Å². The van der Waals surface area contributed by atoms with Crippen molar-refractivity contribution < 1.29 is 14.3 Å². The first-order valence-electron chi connectivity index (χ1n) is 5.59. The van der Waals surface area contributed by atoms with Crippen LogP contribution in [-0.2, 0) is 4.74 Å². The second kappa shape index (κ2) is 5.87. The molecule has 0 aliphatic carbocycles. The van der Waals surface area contributed by atoms with Crippen molar-refractivity contribution in [2.24, 2.45) is 0 Å². The van der Waals surface area contributed by atoms with Gasteiger partial charge in [-0.3, -0.25) is 4.79 Å². The zero-order valence-electron chi connectivity index (χ0n) is 10.8. The topological polar surface area (TPSA) is 70.4 Å². The summed E-state index contributed by atoms with van der Waals surface area (Å²) in [5.41, 5.74) is -0.133. The lowest BCUT2D eigenvalue weighted by Crippen LogP contribution is -2.21. The molecular formula is C13H11BrN2O4. The van der Waals surface area contributed by atoms with Gasteiger partial charge < -0.3 is 9.47 Å². The van der Waals surface area contributed by atoms with Gasteiger partial charge in [-0.2, -0.15) is 5.10 Å². The highest BCUT2D eigenvalue weighted by Gasteiger charge is 2.14. The molecular weight excluding hydrogens is 328 g/mol. The Morgan fingerprint density at radius 3 is 2.70 bits per heavy atom. The molecule has 0 saturated heterocycles. The predicted octanol–water partition coefficient (Wildman–Crippen LogP) is 1.79. The van der Waals surface area contributed by atoms with Crippen LogP contribution in [0.15, 0.2) is 39.7 Å². The van der Waals surface area contributed by atoms with Crippen LogP contribution in [0.2, 0.25) is 0 Å². The molecule has 0 spiro atoms. The Labute approximate surface area is 123 Å². The van der Waals surface area contributed by atoms with E-state index in [1.165, 1.54) is 24.1 Å². The van der Waals surface area contributed by atoms with E-state index in [1.807, 2.05) is 0 Å².